The summed E-state index contributed by atoms with van der Waals surface area (Å²) in [6.45, 7) is 2.20. The van der Waals surface area contributed by atoms with E-state index in [0.29, 0.717) is 0 Å². The minimum atomic E-state index is 1.25. The third kappa shape index (κ3) is 1.98. The molecule has 0 fully saturated rings. The van der Waals surface area contributed by atoms with Gasteiger partial charge in [-0.2, -0.15) is 0 Å². The largest absolute Gasteiger partial charge is 0.212 e. The van der Waals surface area contributed by atoms with E-state index in [-0.39, 0.29) is 0 Å². The number of aromatic nitrogens is 1. The fraction of sp³-hybridized carbons (Fsp3) is 0.0952. The summed E-state index contributed by atoms with van der Waals surface area (Å²) in [5.74, 6) is 0. The normalized spacial score (nSPS) is 11.2. The van der Waals surface area contributed by atoms with Crippen LogP contribution >= 0.6 is 0 Å². The molecule has 4 rings (SSSR count). The summed E-state index contributed by atoms with van der Waals surface area (Å²) in [4.78, 5) is 0. The molecule has 0 aliphatic carbocycles. The summed E-state index contributed by atoms with van der Waals surface area (Å²) < 4.78 is 2.18. The van der Waals surface area contributed by atoms with Crippen LogP contribution in [0.25, 0.3) is 32.8 Å². The van der Waals surface area contributed by atoms with Gasteiger partial charge in [0.2, 0.25) is 5.69 Å². The number of rotatable bonds is 1. The van der Waals surface area contributed by atoms with E-state index in [1.165, 1.54) is 38.4 Å². The summed E-state index contributed by atoms with van der Waals surface area (Å²) in [7, 11) is 2.10. The number of pyridine rings is 1. The molecule has 22 heavy (non-hydrogen) atoms. The molecule has 0 N–H and O–H groups in total. The Bertz CT molecular complexity index is 999. The molecule has 0 spiro atoms. The van der Waals surface area contributed by atoms with Gasteiger partial charge < -0.3 is 0 Å². The van der Waals surface area contributed by atoms with Gasteiger partial charge in [-0.25, -0.2) is 4.57 Å². The maximum atomic E-state index is 2.32. The van der Waals surface area contributed by atoms with Gasteiger partial charge in [0.05, 0.1) is 0 Å². The molecule has 3 aromatic carbocycles. The molecule has 0 amide bonds. The lowest BCUT2D eigenvalue weighted by atomic mass is 9.95. The molecule has 0 bridgehead atoms. The predicted molar refractivity (Wildman–Crippen MR) is 92.8 cm³/mol. The van der Waals surface area contributed by atoms with Crippen LogP contribution < -0.4 is 4.57 Å². The van der Waals surface area contributed by atoms with Crippen molar-refractivity contribution in [3.8, 4) is 11.3 Å². The number of hydrogen-bond acceptors (Lipinski definition) is 0. The van der Waals surface area contributed by atoms with Crippen LogP contribution in [0.3, 0.4) is 0 Å². The highest BCUT2D eigenvalue weighted by atomic mass is 14.9. The molecule has 4 aromatic rings. The van der Waals surface area contributed by atoms with Crippen molar-refractivity contribution in [2.24, 2.45) is 7.05 Å². The highest BCUT2D eigenvalue weighted by molar-refractivity contribution is 6.08. The molecule has 0 radical (unpaired) electrons. The summed E-state index contributed by atoms with van der Waals surface area (Å²) in [5, 5.41) is 5.25. The van der Waals surface area contributed by atoms with Crippen LogP contribution in [-0.4, -0.2) is 0 Å². The SMILES string of the molecule is Cc1cc2c(ccc3ccccc32)cc1-c1cccc[n+]1C. The molecule has 0 unspecified atom stereocenters. The van der Waals surface area contributed by atoms with E-state index < -0.39 is 0 Å². The highest BCUT2D eigenvalue weighted by Gasteiger charge is 2.13. The number of hydrogen-bond donors (Lipinski definition) is 0. The van der Waals surface area contributed by atoms with Crippen LogP contribution in [0.1, 0.15) is 5.56 Å². The Morgan fingerprint density at radius 3 is 2.36 bits per heavy atom. The van der Waals surface area contributed by atoms with Crippen molar-refractivity contribution in [1.29, 1.82) is 0 Å². The van der Waals surface area contributed by atoms with E-state index in [9.17, 15) is 0 Å². The highest BCUT2D eigenvalue weighted by Crippen LogP contribution is 2.31. The first-order valence-corrected chi connectivity index (χ1v) is 7.61. The molecule has 106 valence electrons. The molecular weight excluding hydrogens is 266 g/mol. The van der Waals surface area contributed by atoms with Crippen molar-refractivity contribution >= 4 is 21.5 Å². The Balaban J connectivity index is 2.06. The summed E-state index contributed by atoms with van der Waals surface area (Å²) in [5.41, 5.74) is 3.85. The third-order valence-corrected chi connectivity index (χ3v) is 4.42. The number of benzene rings is 3. The number of fused-ring (bicyclic) bond motifs is 3. The monoisotopic (exact) mass is 284 g/mol. The van der Waals surface area contributed by atoms with Crippen molar-refractivity contribution in [3.63, 3.8) is 0 Å². The van der Waals surface area contributed by atoms with Crippen molar-refractivity contribution < 1.29 is 4.57 Å². The van der Waals surface area contributed by atoms with E-state index in [2.05, 4.69) is 91.5 Å². The average molecular weight is 284 g/mol. The Hall–Kier alpha value is -2.67. The second kappa shape index (κ2) is 4.96. The Kier molecular flexibility index (Phi) is 2.93. The van der Waals surface area contributed by atoms with Crippen LogP contribution in [0.2, 0.25) is 0 Å². The maximum Gasteiger partial charge on any atom is 0.212 e. The van der Waals surface area contributed by atoms with E-state index >= 15 is 0 Å². The second-order valence-electron chi connectivity index (χ2n) is 5.87. The van der Waals surface area contributed by atoms with Gasteiger partial charge in [-0.15, -0.1) is 0 Å². The summed E-state index contributed by atoms with van der Waals surface area (Å²) in [6, 6.07) is 24.0. The van der Waals surface area contributed by atoms with Gasteiger partial charge in [-0.3, -0.25) is 0 Å². The topological polar surface area (TPSA) is 3.88 Å². The van der Waals surface area contributed by atoms with E-state index in [4.69, 9.17) is 0 Å². The molecule has 0 saturated carbocycles. The molecular formula is C21H18N+. The zero-order valence-corrected chi connectivity index (χ0v) is 12.9. The van der Waals surface area contributed by atoms with E-state index in [1.807, 2.05) is 0 Å². The zero-order valence-electron chi connectivity index (χ0n) is 12.9. The predicted octanol–water partition coefficient (Wildman–Crippen LogP) is 4.79. The van der Waals surface area contributed by atoms with Gasteiger partial charge in [0.25, 0.3) is 0 Å². The maximum absolute atomic E-state index is 2.32. The van der Waals surface area contributed by atoms with Crippen molar-refractivity contribution in [1.82, 2.24) is 0 Å². The Morgan fingerprint density at radius 1 is 0.727 bits per heavy atom. The molecule has 0 saturated heterocycles. The molecule has 1 nitrogen and oxygen atoms in total. The first kappa shape index (κ1) is 13.0. The lowest BCUT2D eigenvalue weighted by molar-refractivity contribution is -0.660. The zero-order chi connectivity index (χ0) is 15.1. The molecule has 1 heteroatoms. The van der Waals surface area contributed by atoms with Crippen molar-refractivity contribution in [2.75, 3.05) is 0 Å². The first-order valence-electron chi connectivity index (χ1n) is 7.61. The van der Waals surface area contributed by atoms with Crippen molar-refractivity contribution in [3.05, 3.63) is 78.5 Å². The fourth-order valence-electron chi connectivity index (χ4n) is 3.24. The molecule has 0 aliphatic heterocycles. The minimum Gasteiger partial charge on any atom is -0.201 e. The van der Waals surface area contributed by atoms with Gasteiger partial charge >= 0.3 is 0 Å². The standard InChI is InChI=1S/C21H18N/c1-15-13-20-17(11-10-16-7-3-4-8-18(16)20)14-19(15)21-9-5-6-12-22(21)2/h3-14H,1-2H3/q+1. The summed E-state index contributed by atoms with van der Waals surface area (Å²) in [6.07, 6.45) is 2.10. The van der Waals surface area contributed by atoms with Crippen LogP contribution in [-0.2, 0) is 7.05 Å². The van der Waals surface area contributed by atoms with Gasteiger partial charge in [-0.1, -0.05) is 36.4 Å². The van der Waals surface area contributed by atoms with Crippen LogP contribution in [0.5, 0.6) is 0 Å². The van der Waals surface area contributed by atoms with Gasteiger partial charge in [0.15, 0.2) is 6.20 Å². The Labute approximate surface area is 130 Å². The van der Waals surface area contributed by atoms with Gasteiger partial charge in [-0.05, 0) is 52.2 Å². The smallest absolute Gasteiger partial charge is 0.201 e. The Morgan fingerprint density at radius 2 is 1.50 bits per heavy atom. The van der Waals surface area contributed by atoms with Crippen molar-refractivity contribution in [2.45, 2.75) is 6.92 Å². The molecule has 1 aromatic heterocycles. The fourth-order valence-corrected chi connectivity index (χ4v) is 3.24. The number of aryl methyl sites for hydroxylation is 2. The van der Waals surface area contributed by atoms with Gasteiger partial charge in [0, 0.05) is 17.7 Å². The average Bonchev–Trinajstić information content (AvgIpc) is 2.55. The minimum absolute atomic E-state index is 1.25. The number of nitrogens with zero attached hydrogens (tertiary/aromatic N) is 1. The van der Waals surface area contributed by atoms with Gasteiger partial charge in [0.1, 0.15) is 7.05 Å². The van der Waals surface area contributed by atoms with Crippen LogP contribution in [0, 0.1) is 6.92 Å². The van der Waals surface area contributed by atoms with E-state index in [0.717, 1.165) is 0 Å². The summed E-state index contributed by atoms with van der Waals surface area (Å²) >= 11 is 0. The first-order chi connectivity index (χ1) is 10.7. The molecule has 0 aliphatic rings. The lowest BCUT2D eigenvalue weighted by Gasteiger charge is -2.09. The quantitative estimate of drug-likeness (QED) is 0.349. The van der Waals surface area contributed by atoms with Crippen LogP contribution in [0.4, 0.5) is 0 Å². The van der Waals surface area contributed by atoms with E-state index in [1.54, 1.807) is 0 Å². The molecule has 1 heterocycles. The van der Waals surface area contributed by atoms with Crippen LogP contribution in [0.15, 0.2) is 72.9 Å². The molecule has 0 atom stereocenters. The second-order valence-corrected chi connectivity index (χ2v) is 5.87. The lowest BCUT2D eigenvalue weighted by Crippen LogP contribution is -2.30. The third-order valence-electron chi connectivity index (χ3n) is 4.42.